The molecule has 0 unspecified atom stereocenters. The maximum atomic E-state index is 4.50. The van der Waals surface area contributed by atoms with Gasteiger partial charge in [-0.3, -0.25) is 0 Å². The highest BCUT2D eigenvalue weighted by Gasteiger charge is 2.05. The Balaban J connectivity index is 2.18. The Morgan fingerprint density at radius 1 is 1.06 bits per heavy atom. The van der Waals surface area contributed by atoms with Gasteiger partial charge in [-0.1, -0.05) is 23.8 Å². The molecule has 3 heteroatoms. The molecule has 1 aromatic carbocycles. The smallest absolute Gasteiger partial charge is 0.178 e. The van der Waals surface area contributed by atoms with Gasteiger partial charge in [-0.15, -0.1) is 0 Å². The minimum Gasteiger partial charge on any atom is -0.337 e. The number of H-pyrrole nitrogens is 1. The minimum absolute atomic E-state index is 0.770. The molecule has 0 fully saturated rings. The molecular weight excluding hydrogens is 210 g/mol. The summed E-state index contributed by atoms with van der Waals surface area (Å²) in [6, 6.07) is 10.3. The quantitative estimate of drug-likeness (QED) is 0.688. The van der Waals surface area contributed by atoms with Crippen molar-refractivity contribution in [3.8, 4) is 11.4 Å². The number of fused-ring (bicyclic) bond motifs is 1. The summed E-state index contributed by atoms with van der Waals surface area (Å²) in [6.45, 7) is 4.11. The lowest BCUT2D eigenvalue weighted by Crippen LogP contribution is -1.81. The Labute approximate surface area is 99.5 Å². The molecule has 84 valence electrons. The predicted octanol–water partition coefficient (Wildman–Crippen LogP) is 3.24. The van der Waals surface area contributed by atoms with Crippen LogP contribution in [0.4, 0.5) is 0 Å². The fourth-order valence-corrected chi connectivity index (χ4v) is 1.93. The van der Waals surface area contributed by atoms with Crippen LogP contribution in [-0.2, 0) is 0 Å². The number of nitrogens with zero attached hydrogens (tertiary/aromatic N) is 2. The fraction of sp³-hybridized carbons (Fsp3) is 0.143. The number of aryl methyl sites for hydroxylation is 2. The van der Waals surface area contributed by atoms with Crippen LogP contribution in [0.2, 0.25) is 0 Å². The van der Waals surface area contributed by atoms with E-state index in [0.29, 0.717) is 0 Å². The fourth-order valence-electron chi connectivity index (χ4n) is 1.93. The number of rotatable bonds is 1. The summed E-state index contributed by atoms with van der Waals surface area (Å²) in [4.78, 5) is 12.1. The van der Waals surface area contributed by atoms with Gasteiger partial charge in [-0.25, -0.2) is 9.97 Å². The molecule has 0 aliphatic rings. The second-order valence-electron chi connectivity index (χ2n) is 4.34. The maximum absolute atomic E-state index is 4.50. The van der Waals surface area contributed by atoms with Crippen LogP contribution in [0.5, 0.6) is 0 Å². The highest BCUT2D eigenvalue weighted by molar-refractivity contribution is 5.76. The Morgan fingerprint density at radius 2 is 1.94 bits per heavy atom. The standard InChI is InChI=1S/C14H13N3/c1-9-4-3-5-11(6-9)13-16-12-7-10(2)8-15-14(12)17-13/h3-8H,1-2H3,(H,15,16,17). The second-order valence-corrected chi connectivity index (χ2v) is 4.34. The van der Waals surface area contributed by atoms with Gasteiger partial charge in [0.15, 0.2) is 5.65 Å². The van der Waals surface area contributed by atoms with E-state index >= 15 is 0 Å². The van der Waals surface area contributed by atoms with E-state index in [0.717, 1.165) is 28.1 Å². The molecule has 0 atom stereocenters. The number of pyridine rings is 1. The molecule has 3 nitrogen and oxygen atoms in total. The van der Waals surface area contributed by atoms with Gasteiger partial charge in [0.25, 0.3) is 0 Å². The van der Waals surface area contributed by atoms with E-state index in [2.05, 4.69) is 46.1 Å². The number of nitrogens with one attached hydrogen (secondary N) is 1. The first-order chi connectivity index (χ1) is 8.22. The molecule has 0 saturated heterocycles. The zero-order chi connectivity index (χ0) is 11.8. The van der Waals surface area contributed by atoms with Crippen molar-refractivity contribution in [2.75, 3.05) is 0 Å². The van der Waals surface area contributed by atoms with E-state index in [-0.39, 0.29) is 0 Å². The SMILES string of the molecule is Cc1cccc(-c2nc3ncc(C)cc3[nH]2)c1. The van der Waals surface area contributed by atoms with E-state index in [1.54, 1.807) is 0 Å². The molecule has 0 radical (unpaired) electrons. The molecule has 2 aromatic heterocycles. The minimum atomic E-state index is 0.770. The predicted molar refractivity (Wildman–Crippen MR) is 68.8 cm³/mol. The molecule has 0 bridgehead atoms. The molecule has 0 aliphatic heterocycles. The molecular formula is C14H13N3. The van der Waals surface area contributed by atoms with Crippen LogP contribution in [0.1, 0.15) is 11.1 Å². The highest BCUT2D eigenvalue weighted by atomic mass is 15.0. The van der Waals surface area contributed by atoms with Crippen molar-refractivity contribution in [2.45, 2.75) is 13.8 Å². The lowest BCUT2D eigenvalue weighted by Gasteiger charge is -1.97. The van der Waals surface area contributed by atoms with Crippen molar-refractivity contribution >= 4 is 11.2 Å². The van der Waals surface area contributed by atoms with Crippen LogP contribution in [-0.4, -0.2) is 15.0 Å². The summed E-state index contributed by atoms with van der Waals surface area (Å²) in [5, 5.41) is 0. The molecule has 0 spiro atoms. The summed E-state index contributed by atoms with van der Waals surface area (Å²) < 4.78 is 0. The zero-order valence-electron chi connectivity index (χ0n) is 9.86. The van der Waals surface area contributed by atoms with Gasteiger partial charge in [-0.05, 0) is 31.5 Å². The number of aromatic amines is 1. The van der Waals surface area contributed by atoms with Crippen LogP contribution in [0.25, 0.3) is 22.6 Å². The summed E-state index contributed by atoms with van der Waals surface area (Å²) >= 11 is 0. The van der Waals surface area contributed by atoms with E-state index in [1.165, 1.54) is 5.56 Å². The van der Waals surface area contributed by atoms with Crippen LogP contribution >= 0.6 is 0 Å². The molecule has 0 amide bonds. The maximum Gasteiger partial charge on any atom is 0.178 e. The van der Waals surface area contributed by atoms with Crippen molar-refractivity contribution in [1.29, 1.82) is 0 Å². The third-order valence-corrected chi connectivity index (χ3v) is 2.77. The topological polar surface area (TPSA) is 41.6 Å². The molecule has 3 aromatic rings. The Kier molecular flexibility index (Phi) is 2.18. The third-order valence-electron chi connectivity index (χ3n) is 2.77. The first-order valence-corrected chi connectivity index (χ1v) is 5.62. The number of hydrogen-bond donors (Lipinski definition) is 1. The Morgan fingerprint density at radius 3 is 2.76 bits per heavy atom. The van der Waals surface area contributed by atoms with Gasteiger partial charge in [0.05, 0.1) is 5.52 Å². The van der Waals surface area contributed by atoms with Gasteiger partial charge in [-0.2, -0.15) is 0 Å². The van der Waals surface area contributed by atoms with Crippen LogP contribution in [0.15, 0.2) is 36.5 Å². The van der Waals surface area contributed by atoms with Gasteiger partial charge in [0, 0.05) is 11.8 Å². The van der Waals surface area contributed by atoms with Crippen molar-refractivity contribution in [3.63, 3.8) is 0 Å². The highest BCUT2D eigenvalue weighted by Crippen LogP contribution is 2.20. The van der Waals surface area contributed by atoms with Crippen LogP contribution < -0.4 is 0 Å². The lowest BCUT2D eigenvalue weighted by atomic mass is 10.1. The lowest BCUT2D eigenvalue weighted by molar-refractivity contribution is 1.28. The average Bonchev–Trinajstić information content (AvgIpc) is 2.72. The largest absolute Gasteiger partial charge is 0.337 e. The van der Waals surface area contributed by atoms with Crippen molar-refractivity contribution < 1.29 is 0 Å². The first-order valence-electron chi connectivity index (χ1n) is 5.62. The van der Waals surface area contributed by atoms with Gasteiger partial charge in [0.2, 0.25) is 0 Å². The van der Waals surface area contributed by atoms with Crippen molar-refractivity contribution in [1.82, 2.24) is 15.0 Å². The van der Waals surface area contributed by atoms with Gasteiger partial charge in [0.1, 0.15) is 5.82 Å². The third kappa shape index (κ3) is 1.80. The normalized spacial score (nSPS) is 10.9. The zero-order valence-corrected chi connectivity index (χ0v) is 9.86. The Hall–Kier alpha value is -2.16. The van der Waals surface area contributed by atoms with E-state index in [9.17, 15) is 0 Å². The Bertz CT molecular complexity index is 683. The number of aromatic nitrogens is 3. The number of imidazole rings is 1. The van der Waals surface area contributed by atoms with Crippen molar-refractivity contribution in [3.05, 3.63) is 47.7 Å². The summed E-state index contributed by atoms with van der Waals surface area (Å²) in [7, 11) is 0. The summed E-state index contributed by atoms with van der Waals surface area (Å²) in [5.74, 6) is 0.877. The second kappa shape index (κ2) is 3.70. The molecule has 0 saturated carbocycles. The van der Waals surface area contributed by atoms with Crippen molar-refractivity contribution in [2.24, 2.45) is 0 Å². The molecule has 1 N–H and O–H groups in total. The number of benzene rings is 1. The van der Waals surface area contributed by atoms with Gasteiger partial charge < -0.3 is 4.98 Å². The molecule has 0 aliphatic carbocycles. The molecule has 3 rings (SSSR count). The van der Waals surface area contributed by atoms with Gasteiger partial charge >= 0.3 is 0 Å². The first kappa shape index (κ1) is 10.0. The monoisotopic (exact) mass is 223 g/mol. The molecule has 17 heavy (non-hydrogen) atoms. The van der Waals surface area contributed by atoms with E-state index < -0.39 is 0 Å². The van der Waals surface area contributed by atoms with E-state index in [4.69, 9.17) is 0 Å². The molecule has 2 heterocycles. The van der Waals surface area contributed by atoms with E-state index in [1.807, 2.05) is 19.2 Å². The average molecular weight is 223 g/mol. The van der Waals surface area contributed by atoms with Crippen LogP contribution in [0.3, 0.4) is 0 Å². The van der Waals surface area contributed by atoms with Crippen LogP contribution in [0, 0.1) is 13.8 Å². The summed E-state index contributed by atoms with van der Waals surface area (Å²) in [5.41, 5.74) is 5.22. The number of hydrogen-bond acceptors (Lipinski definition) is 2. The summed E-state index contributed by atoms with van der Waals surface area (Å²) in [6.07, 6.45) is 1.84.